The zero-order chi connectivity index (χ0) is 6.41. The molecular formula is C6H12NO. The summed E-state index contributed by atoms with van der Waals surface area (Å²) in [7, 11) is 0. The standard InChI is InChI=1S/C6H12NO/c1-4-6(3)7-8-5-2/h4H,5H2,1-3H3/b7-6-. The van der Waals surface area contributed by atoms with Crippen molar-refractivity contribution in [2.45, 2.75) is 20.8 Å². The molecule has 47 valence electrons. The third kappa shape index (κ3) is 3.65. The Bertz CT molecular complexity index is 78.6. The van der Waals surface area contributed by atoms with E-state index in [0.717, 1.165) is 5.71 Å². The molecule has 0 rings (SSSR count). The smallest absolute Gasteiger partial charge is 0.114 e. The Morgan fingerprint density at radius 1 is 1.75 bits per heavy atom. The summed E-state index contributed by atoms with van der Waals surface area (Å²) in [5.41, 5.74) is 0.923. The molecule has 0 fully saturated rings. The Hall–Kier alpha value is -0.530. The summed E-state index contributed by atoms with van der Waals surface area (Å²) in [5.74, 6) is 0. The van der Waals surface area contributed by atoms with Crippen LogP contribution >= 0.6 is 0 Å². The van der Waals surface area contributed by atoms with Crippen molar-refractivity contribution in [2.24, 2.45) is 5.16 Å². The van der Waals surface area contributed by atoms with Crippen molar-refractivity contribution < 1.29 is 4.84 Å². The lowest BCUT2D eigenvalue weighted by molar-refractivity contribution is 0.158. The molecule has 0 heterocycles. The maximum absolute atomic E-state index is 4.74. The van der Waals surface area contributed by atoms with Gasteiger partial charge in [-0.1, -0.05) is 12.1 Å². The van der Waals surface area contributed by atoms with Crippen LogP contribution < -0.4 is 0 Å². The maximum Gasteiger partial charge on any atom is 0.114 e. The van der Waals surface area contributed by atoms with Crippen LogP contribution in [0.25, 0.3) is 0 Å². The van der Waals surface area contributed by atoms with Gasteiger partial charge in [0.15, 0.2) is 0 Å². The second-order valence-corrected chi connectivity index (χ2v) is 1.44. The Balaban J connectivity index is 3.26. The van der Waals surface area contributed by atoms with Gasteiger partial charge in [-0.05, 0) is 13.8 Å². The second-order valence-electron chi connectivity index (χ2n) is 1.44. The predicted octanol–water partition coefficient (Wildman–Crippen LogP) is 1.62. The van der Waals surface area contributed by atoms with E-state index in [-0.39, 0.29) is 0 Å². The average molecular weight is 114 g/mol. The zero-order valence-corrected chi connectivity index (χ0v) is 5.64. The Morgan fingerprint density at radius 2 is 2.38 bits per heavy atom. The molecule has 0 amide bonds. The Kier molecular flexibility index (Phi) is 4.32. The predicted molar refractivity (Wildman–Crippen MR) is 34.7 cm³/mol. The Morgan fingerprint density at radius 3 is 2.75 bits per heavy atom. The number of hydrogen-bond donors (Lipinski definition) is 0. The van der Waals surface area contributed by atoms with Crippen molar-refractivity contribution in [3.8, 4) is 0 Å². The van der Waals surface area contributed by atoms with E-state index < -0.39 is 0 Å². The normalized spacial score (nSPS) is 11.6. The summed E-state index contributed by atoms with van der Waals surface area (Å²) in [6, 6.07) is 0. The van der Waals surface area contributed by atoms with E-state index in [1.165, 1.54) is 0 Å². The molecular weight excluding hydrogens is 102 g/mol. The van der Waals surface area contributed by atoms with E-state index in [9.17, 15) is 0 Å². The van der Waals surface area contributed by atoms with Crippen LogP contribution in [0.4, 0.5) is 0 Å². The van der Waals surface area contributed by atoms with E-state index >= 15 is 0 Å². The molecule has 0 unspecified atom stereocenters. The monoisotopic (exact) mass is 114 g/mol. The molecule has 0 saturated heterocycles. The minimum absolute atomic E-state index is 0.644. The third-order valence-electron chi connectivity index (χ3n) is 0.755. The molecule has 0 spiro atoms. The van der Waals surface area contributed by atoms with Gasteiger partial charge in [0.2, 0.25) is 0 Å². The molecule has 0 atom stereocenters. The van der Waals surface area contributed by atoms with Crippen molar-refractivity contribution in [2.75, 3.05) is 6.61 Å². The highest BCUT2D eigenvalue weighted by molar-refractivity contribution is 5.88. The molecule has 2 nitrogen and oxygen atoms in total. The van der Waals surface area contributed by atoms with Crippen LogP contribution in [0.2, 0.25) is 0 Å². The highest BCUT2D eigenvalue weighted by Crippen LogP contribution is 1.83. The quantitative estimate of drug-likeness (QED) is 0.403. The zero-order valence-electron chi connectivity index (χ0n) is 5.64. The van der Waals surface area contributed by atoms with Gasteiger partial charge in [0, 0.05) is 6.42 Å². The van der Waals surface area contributed by atoms with Crippen LogP contribution in [0.5, 0.6) is 0 Å². The van der Waals surface area contributed by atoms with Crippen LogP contribution in [-0.4, -0.2) is 12.3 Å². The minimum Gasteiger partial charge on any atom is -0.396 e. The third-order valence-corrected chi connectivity index (χ3v) is 0.755. The molecule has 0 aromatic rings. The molecule has 1 radical (unpaired) electrons. The van der Waals surface area contributed by atoms with E-state index in [1.807, 2.05) is 27.2 Å². The maximum atomic E-state index is 4.74. The largest absolute Gasteiger partial charge is 0.396 e. The lowest BCUT2D eigenvalue weighted by Crippen LogP contribution is -1.90. The highest BCUT2D eigenvalue weighted by atomic mass is 16.6. The molecule has 2 heteroatoms. The van der Waals surface area contributed by atoms with E-state index in [4.69, 9.17) is 4.84 Å². The summed E-state index contributed by atoms with van der Waals surface area (Å²) in [4.78, 5) is 4.74. The number of oxime groups is 1. The molecule has 0 bridgehead atoms. The van der Waals surface area contributed by atoms with Crippen molar-refractivity contribution in [1.29, 1.82) is 0 Å². The van der Waals surface area contributed by atoms with Crippen LogP contribution in [-0.2, 0) is 4.84 Å². The fraction of sp³-hybridized carbons (Fsp3) is 0.667. The molecule has 0 aliphatic heterocycles. The first kappa shape index (κ1) is 7.47. The summed E-state index contributed by atoms with van der Waals surface area (Å²) in [5, 5.41) is 3.72. The van der Waals surface area contributed by atoms with E-state index in [1.54, 1.807) is 0 Å². The second kappa shape index (κ2) is 4.62. The van der Waals surface area contributed by atoms with Crippen molar-refractivity contribution in [3.63, 3.8) is 0 Å². The summed E-state index contributed by atoms with van der Waals surface area (Å²) < 4.78 is 0. The van der Waals surface area contributed by atoms with Crippen LogP contribution in [0.15, 0.2) is 5.16 Å². The lowest BCUT2D eigenvalue weighted by atomic mass is 10.3. The first-order valence-electron chi connectivity index (χ1n) is 2.77. The molecule has 0 aromatic heterocycles. The average Bonchev–Trinajstić information content (AvgIpc) is 1.83. The van der Waals surface area contributed by atoms with Crippen molar-refractivity contribution in [3.05, 3.63) is 6.42 Å². The van der Waals surface area contributed by atoms with Gasteiger partial charge in [-0.25, -0.2) is 0 Å². The fourth-order valence-electron chi connectivity index (χ4n) is 0.219. The van der Waals surface area contributed by atoms with Crippen molar-refractivity contribution in [1.82, 2.24) is 0 Å². The summed E-state index contributed by atoms with van der Waals surface area (Å²) in [6.45, 7) is 6.38. The topological polar surface area (TPSA) is 21.6 Å². The van der Waals surface area contributed by atoms with Gasteiger partial charge >= 0.3 is 0 Å². The highest BCUT2D eigenvalue weighted by Gasteiger charge is 1.82. The van der Waals surface area contributed by atoms with E-state index in [0.29, 0.717) is 6.61 Å². The molecule has 8 heavy (non-hydrogen) atoms. The van der Waals surface area contributed by atoms with Crippen molar-refractivity contribution >= 4 is 5.71 Å². The van der Waals surface area contributed by atoms with Gasteiger partial charge in [-0.15, -0.1) is 0 Å². The molecule has 0 aliphatic carbocycles. The minimum atomic E-state index is 0.644. The fourth-order valence-corrected chi connectivity index (χ4v) is 0.219. The van der Waals surface area contributed by atoms with Gasteiger partial charge in [0.25, 0.3) is 0 Å². The first-order valence-corrected chi connectivity index (χ1v) is 2.77. The molecule has 0 aliphatic rings. The van der Waals surface area contributed by atoms with Gasteiger partial charge in [0.05, 0.1) is 5.71 Å². The first-order chi connectivity index (χ1) is 3.81. The SMILES string of the molecule is C[CH]/C(C)=N\OCC. The van der Waals surface area contributed by atoms with Gasteiger partial charge < -0.3 is 4.84 Å². The summed E-state index contributed by atoms with van der Waals surface area (Å²) >= 11 is 0. The van der Waals surface area contributed by atoms with Crippen LogP contribution in [0, 0.1) is 6.42 Å². The summed E-state index contributed by atoms with van der Waals surface area (Å²) in [6.07, 6.45) is 1.90. The molecule has 0 aromatic carbocycles. The number of hydrogen-bond acceptors (Lipinski definition) is 2. The number of rotatable bonds is 3. The van der Waals surface area contributed by atoms with Crippen LogP contribution in [0.1, 0.15) is 20.8 Å². The van der Waals surface area contributed by atoms with Gasteiger partial charge in [-0.2, -0.15) is 0 Å². The molecule has 0 saturated carbocycles. The van der Waals surface area contributed by atoms with Gasteiger partial charge in [-0.3, -0.25) is 0 Å². The lowest BCUT2D eigenvalue weighted by Gasteiger charge is -1.92. The van der Waals surface area contributed by atoms with Gasteiger partial charge in [0.1, 0.15) is 6.61 Å². The number of nitrogens with zero attached hydrogens (tertiary/aromatic N) is 1. The molecule has 0 N–H and O–H groups in total. The Labute approximate surface area is 50.5 Å². The van der Waals surface area contributed by atoms with Crippen LogP contribution in [0.3, 0.4) is 0 Å². The van der Waals surface area contributed by atoms with E-state index in [2.05, 4.69) is 5.16 Å².